The van der Waals surface area contributed by atoms with Crippen LogP contribution in [0, 0.1) is 0 Å². The molecular weight excluding hydrogens is 362 g/mol. The van der Waals surface area contributed by atoms with E-state index in [4.69, 9.17) is 5.73 Å². The molecule has 0 aliphatic heterocycles. The summed E-state index contributed by atoms with van der Waals surface area (Å²) >= 11 is 3.27. The lowest BCUT2D eigenvalue weighted by Crippen LogP contribution is -2.09. The van der Waals surface area contributed by atoms with Crippen LogP contribution in [0.2, 0.25) is 0 Å². The topological polar surface area (TPSA) is 76.7 Å². The third-order valence-corrected chi connectivity index (χ3v) is 5.90. The lowest BCUT2D eigenvalue weighted by atomic mass is 10.2. The van der Waals surface area contributed by atoms with Crippen molar-refractivity contribution in [3.05, 3.63) is 65.2 Å². The Balaban J connectivity index is 1.53. The Morgan fingerprint density at radius 3 is 2.85 bits per heavy atom. The fourth-order valence-corrected chi connectivity index (χ4v) is 4.26. The van der Waals surface area contributed by atoms with Gasteiger partial charge in [0.2, 0.25) is 0 Å². The highest BCUT2D eigenvalue weighted by molar-refractivity contribution is 7.99. The zero-order chi connectivity index (χ0) is 17.8. The SMILES string of the molecule is Nc1c(NCCc2cccs2)ncnc1Sc1cccc2cccnc12. The van der Waals surface area contributed by atoms with Crippen molar-refractivity contribution in [1.82, 2.24) is 15.0 Å². The molecule has 0 saturated carbocycles. The summed E-state index contributed by atoms with van der Waals surface area (Å²) in [6, 6.07) is 14.3. The fourth-order valence-electron chi connectivity index (χ4n) is 2.62. The van der Waals surface area contributed by atoms with Gasteiger partial charge in [0.15, 0.2) is 5.82 Å². The van der Waals surface area contributed by atoms with E-state index < -0.39 is 0 Å². The van der Waals surface area contributed by atoms with Gasteiger partial charge in [-0.05, 0) is 30.0 Å². The van der Waals surface area contributed by atoms with Crippen LogP contribution in [0.5, 0.6) is 0 Å². The Labute approximate surface area is 159 Å². The maximum absolute atomic E-state index is 6.31. The van der Waals surface area contributed by atoms with Gasteiger partial charge in [0, 0.05) is 27.9 Å². The Hall–Kier alpha value is -2.64. The van der Waals surface area contributed by atoms with Crippen LogP contribution in [-0.4, -0.2) is 21.5 Å². The van der Waals surface area contributed by atoms with Crippen molar-refractivity contribution in [2.75, 3.05) is 17.6 Å². The van der Waals surface area contributed by atoms with Crippen molar-refractivity contribution in [2.24, 2.45) is 0 Å². The van der Waals surface area contributed by atoms with E-state index in [0.29, 0.717) is 11.5 Å². The average molecular weight is 380 g/mol. The van der Waals surface area contributed by atoms with Crippen LogP contribution in [0.1, 0.15) is 4.88 Å². The smallest absolute Gasteiger partial charge is 0.153 e. The van der Waals surface area contributed by atoms with E-state index in [1.54, 1.807) is 23.9 Å². The Kier molecular flexibility index (Phi) is 4.99. The summed E-state index contributed by atoms with van der Waals surface area (Å²) in [7, 11) is 0. The van der Waals surface area contributed by atoms with Gasteiger partial charge in [-0.1, -0.05) is 36.0 Å². The molecule has 130 valence electrons. The minimum Gasteiger partial charge on any atom is -0.394 e. The van der Waals surface area contributed by atoms with Crippen LogP contribution in [0.25, 0.3) is 10.9 Å². The molecule has 0 atom stereocenters. The predicted octanol–water partition coefficient (Wildman–Crippen LogP) is 4.47. The van der Waals surface area contributed by atoms with Crippen LogP contribution in [0.15, 0.2) is 70.3 Å². The van der Waals surface area contributed by atoms with Crippen molar-refractivity contribution in [3.8, 4) is 0 Å². The number of thiophene rings is 1. The van der Waals surface area contributed by atoms with Gasteiger partial charge in [-0.25, -0.2) is 9.97 Å². The van der Waals surface area contributed by atoms with Crippen molar-refractivity contribution >= 4 is 45.5 Å². The number of nitrogens with zero attached hydrogens (tertiary/aromatic N) is 3. The highest BCUT2D eigenvalue weighted by Crippen LogP contribution is 2.36. The monoisotopic (exact) mass is 379 g/mol. The number of para-hydroxylation sites is 1. The van der Waals surface area contributed by atoms with Gasteiger partial charge < -0.3 is 11.1 Å². The zero-order valence-electron chi connectivity index (χ0n) is 13.9. The summed E-state index contributed by atoms with van der Waals surface area (Å²) in [5.41, 5.74) is 7.82. The molecule has 1 aromatic carbocycles. The fraction of sp³-hybridized carbons (Fsp3) is 0.105. The number of nitrogens with one attached hydrogen (secondary N) is 1. The van der Waals surface area contributed by atoms with Gasteiger partial charge >= 0.3 is 0 Å². The van der Waals surface area contributed by atoms with Crippen molar-refractivity contribution < 1.29 is 0 Å². The normalized spacial score (nSPS) is 10.9. The number of fused-ring (bicyclic) bond motifs is 1. The Morgan fingerprint density at radius 1 is 1.04 bits per heavy atom. The first-order valence-corrected chi connectivity index (χ1v) is 9.89. The zero-order valence-corrected chi connectivity index (χ0v) is 15.6. The third kappa shape index (κ3) is 3.63. The maximum atomic E-state index is 6.31. The molecule has 0 unspecified atom stereocenters. The van der Waals surface area contributed by atoms with Gasteiger partial charge in [0.25, 0.3) is 0 Å². The van der Waals surface area contributed by atoms with Gasteiger partial charge in [-0.15, -0.1) is 11.3 Å². The number of rotatable bonds is 6. The first-order chi connectivity index (χ1) is 12.8. The molecule has 3 heterocycles. The van der Waals surface area contributed by atoms with Crippen LogP contribution in [0.4, 0.5) is 11.5 Å². The Bertz CT molecular complexity index is 1010. The largest absolute Gasteiger partial charge is 0.394 e. The minimum atomic E-state index is 0.566. The predicted molar refractivity (Wildman–Crippen MR) is 109 cm³/mol. The number of nitrogen functional groups attached to an aromatic ring is 1. The van der Waals surface area contributed by atoms with Gasteiger partial charge in [0.05, 0.1) is 5.52 Å². The molecule has 7 heteroatoms. The second kappa shape index (κ2) is 7.72. The quantitative estimate of drug-likeness (QED) is 0.481. The number of hydrogen-bond donors (Lipinski definition) is 2. The first-order valence-electron chi connectivity index (χ1n) is 8.19. The number of benzene rings is 1. The summed E-state index contributed by atoms with van der Waals surface area (Å²) in [5, 5.41) is 7.23. The second-order valence-electron chi connectivity index (χ2n) is 5.63. The third-order valence-electron chi connectivity index (χ3n) is 3.89. The van der Waals surface area contributed by atoms with Crippen LogP contribution < -0.4 is 11.1 Å². The van der Waals surface area contributed by atoms with E-state index in [1.165, 1.54) is 16.6 Å². The number of nitrogens with two attached hydrogens (primary N) is 1. The molecular formula is C19H17N5S2. The molecule has 0 amide bonds. The summed E-state index contributed by atoms with van der Waals surface area (Å²) in [6.45, 7) is 0.779. The number of aromatic nitrogens is 3. The van der Waals surface area contributed by atoms with Crippen LogP contribution >= 0.6 is 23.1 Å². The summed E-state index contributed by atoms with van der Waals surface area (Å²) in [5.74, 6) is 0.673. The molecule has 0 aliphatic carbocycles. The van der Waals surface area contributed by atoms with E-state index in [2.05, 4.69) is 37.8 Å². The van der Waals surface area contributed by atoms with E-state index >= 15 is 0 Å². The highest BCUT2D eigenvalue weighted by atomic mass is 32.2. The average Bonchev–Trinajstić information content (AvgIpc) is 3.18. The molecule has 0 saturated heterocycles. The molecule has 0 aliphatic rings. The molecule has 3 aromatic heterocycles. The van der Waals surface area contributed by atoms with Gasteiger partial charge in [-0.2, -0.15) is 0 Å². The van der Waals surface area contributed by atoms with Crippen molar-refractivity contribution in [2.45, 2.75) is 16.3 Å². The highest BCUT2D eigenvalue weighted by Gasteiger charge is 2.11. The standard InChI is InChI=1S/C19H17N5S2/c20-16-18(22-10-8-14-6-3-11-25-14)23-12-24-19(16)26-15-7-1-4-13-5-2-9-21-17(13)15/h1-7,9,11-12H,8,10,20H2,(H,22,23,24). The number of anilines is 2. The molecule has 3 N–H and O–H groups in total. The molecule has 0 fully saturated rings. The second-order valence-corrected chi connectivity index (χ2v) is 7.69. The van der Waals surface area contributed by atoms with Gasteiger partial charge in [0.1, 0.15) is 17.0 Å². The van der Waals surface area contributed by atoms with E-state index in [1.807, 2.05) is 30.3 Å². The molecule has 26 heavy (non-hydrogen) atoms. The van der Waals surface area contributed by atoms with Gasteiger partial charge in [-0.3, -0.25) is 4.98 Å². The molecule has 5 nitrogen and oxygen atoms in total. The summed E-state index contributed by atoms with van der Waals surface area (Å²) in [6.07, 6.45) is 4.29. The molecule has 0 spiro atoms. The maximum Gasteiger partial charge on any atom is 0.153 e. The summed E-state index contributed by atoms with van der Waals surface area (Å²) in [4.78, 5) is 15.5. The number of pyridine rings is 1. The minimum absolute atomic E-state index is 0.566. The van der Waals surface area contributed by atoms with Crippen molar-refractivity contribution in [1.29, 1.82) is 0 Å². The van der Waals surface area contributed by atoms with Crippen LogP contribution in [0.3, 0.4) is 0 Å². The van der Waals surface area contributed by atoms with Crippen LogP contribution in [-0.2, 0) is 6.42 Å². The molecule has 0 radical (unpaired) electrons. The lowest BCUT2D eigenvalue weighted by molar-refractivity contribution is 0.996. The number of hydrogen-bond acceptors (Lipinski definition) is 7. The summed E-state index contributed by atoms with van der Waals surface area (Å²) < 4.78 is 0. The Morgan fingerprint density at radius 2 is 1.96 bits per heavy atom. The van der Waals surface area contributed by atoms with Crippen molar-refractivity contribution in [3.63, 3.8) is 0 Å². The molecule has 4 rings (SSSR count). The van der Waals surface area contributed by atoms with E-state index in [-0.39, 0.29) is 0 Å². The van der Waals surface area contributed by atoms with E-state index in [0.717, 1.165) is 33.8 Å². The molecule has 0 bridgehead atoms. The van der Waals surface area contributed by atoms with E-state index in [9.17, 15) is 0 Å². The molecule has 4 aromatic rings. The lowest BCUT2D eigenvalue weighted by Gasteiger charge is -2.11. The first kappa shape index (κ1) is 16.8.